The van der Waals surface area contributed by atoms with Gasteiger partial charge in [0, 0.05) is 94.2 Å². The molecule has 0 aliphatic heterocycles. The summed E-state index contributed by atoms with van der Waals surface area (Å²) in [5, 5.41) is 71.7. The van der Waals surface area contributed by atoms with E-state index in [1.807, 2.05) is 145 Å². The number of benzene rings is 11. The van der Waals surface area contributed by atoms with Gasteiger partial charge in [-0.2, -0.15) is 13.7 Å². The van der Waals surface area contributed by atoms with Crippen LogP contribution in [-0.4, -0.2) is 79.1 Å². The average Bonchev–Trinajstić information content (AvgIpc) is 0.985. The summed E-state index contributed by atoms with van der Waals surface area (Å²) < 4.78 is 51.3. The van der Waals surface area contributed by atoms with Gasteiger partial charge in [0.25, 0.3) is 27.3 Å². The van der Waals surface area contributed by atoms with Gasteiger partial charge in [0.2, 0.25) is 28.0 Å². The topological polar surface area (TPSA) is 277 Å². The summed E-state index contributed by atoms with van der Waals surface area (Å²) in [6, 6.07) is 72.2. The maximum atomic E-state index is 11.6. The number of oxazole rings is 1. The molecular weight excluding hydrogens is 1780 g/mol. The summed E-state index contributed by atoms with van der Waals surface area (Å²) in [5.41, 5.74) is 14.7. The van der Waals surface area contributed by atoms with Crippen molar-refractivity contribution in [2.45, 2.75) is 130 Å². The number of fused-ring (bicyclic) bond motifs is 6. The maximum Gasteiger partial charge on any atom is 0.374 e. The third-order valence-electron chi connectivity index (χ3n) is 22.7. The zero-order valence-electron chi connectivity index (χ0n) is 72.6. The largest absolute Gasteiger partial charge is 0.743 e. The van der Waals surface area contributed by atoms with Crippen LogP contribution in [0.3, 0.4) is 0 Å². The monoisotopic (exact) mass is 1880 g/mol. The van der Waals surface area contributed by atoms with Gasteiger partial charge in [-0.15, -0.1) is 4.57 Å². The number of hydrogen-bond donors (Lipinski definition) is 3. The van der Waals surface area contributed by atoms with E-state index >= 15 is 0 Å². The van der Waals surface area contributed by atoms with Crippen molar-refractivity contribution in [2.75, 3.05) is 27.8 Å². The minimum Gasteiger partial charge on any atom is -0.743 e. The Bertz CT molecular complexity index is 6830. The zero-order chi connectivity index (χ0) is 92.1. The molecule has 0 amide bonds. The first-order valence-corrected chi connectivity index (χ1v) is 51.0. The quantitative estimate of drug-likeness (QED) is 0.0142. The molecule has 20 nitrogen and oxygen atoms in total. The number of rotatable bonds is 27. The van der Waals surface area contributed by atoms with Gasteiger partial charge in [-0.3, -0.25) is 0 Å². The molecule has 3 N–H and O–H groups in total. The van der Waals surface area contributed by atoms with Crippen molar-refractivity contribution in [3.05, 3.63) is 313 Å². The van der Waals surface area contributed by atoms with Crippen molar-refractivity contribution >= 4 is 221 Å². The second-order valence-electron chi connectivity index (χ2n) is 31.8. The summed E-state index contributed by atoms with van der Waals surface area (Å²) in [4.78, 5) is 40.5. The van der Waals surface area contributed by atoms with Crippen molar-refractivity contribution in [1.29, 1.82) is 0 Å². The predicted molar refractivity (Wildman–Crippen MR) is 519 cm³/mol. The Morgan fingerprint density at radius 3 is 1.69 bits per heavy atom. The van der Waals surface area contributed by atoms with Crippen LogP contribution < -0.4 is 48.3 Å². The fourth-order valence-electron chi connectivity index (χ4n) is 16.0. The first-order chi connectivity index (χ1) is 61.9. The van der Waals surface area contributed by atoms with E-state index in [1.54, 1.807) is 88.4 Å². The molecule has 0 fully saturated rings. The number of para-hydroxylation sites is 3. The minimum atomic E-state index is -4.52. The number of aliphatic hydroxyl groups excluding tert-OH is 3. The molecule has 28 heteroatoms. The molecule has 1 aliphatic carbocycles. The van der Waals surface area contributed by atoms with E-state index in [0.717, 1.165) is 105 Å². The zero-order valence-corrected chi connectivity index (χ0v) is 79.1. The number of anilines is 4. The van der Waals surface area contributed by atoms with E-state index in [4.69, 9.17) is 39.2 Å². The van der Waals surface area contributed by atoms with Crippen LogP contribution in [0, 0.1) is 0 Å². The smallest absolute Gasteiger partial charge is 0.374 e. The van der Waals surface area contributed by atoms with Gasteiger partial charge < -0.3 is 68.7 Å². The summed E-state index contributed by atoms with van der Waals surface area (Å²) in [6.07, 6.45) is 15.5. The third-order valence-corrected chi connectivity index (χ3v) is 30.5. The molecule has 11 aromatic carbocycles. The lowest BCUT2D eigenvalue weighted by molar-refractivity contribution is -0.703. The highest BCUT2D eigenvalue weighted by atomic mass is 35.5. The molecule has 664 valence electrons. The van der Waals surface area contributed by atoms with Gasteiger partial charge in [0.1, 0.15) is 39.4 Å². The van der Waals surface area contributed by atoms with Gasteiger partial charge in [0.05, 0.1) is 53.7 Å². The maximum absolute atomic E-state index is 11.6. The van der Waals surface area contributed by atoms with E-state index in [-0.39, 0.29) is 12.6 Å². The van der Waals surface area contributed by atoms with E-state index in [1.165, 1.54) is 63.3 Å². The first-order valence-electron chi connectivity index (χ1n) is 42.3. The molecule has 0 spiro atoms. The van der Waals surface area contributed by atoms with Gasteiger partial charge in [0.15, 0.2) is 10.1 Å². The van der Waals surface area contributed by atoms with Crippen LogP contribution in [0.25, 0.3) is 104 Å². The lowest BCUT2D eigenvalue weighted by atomic mass is 9.89. The highest BCUT2D eigenvalue weighted by Gasteiger charge is 2.31. The number of aromatic nitrogens is 4. The Kier molecular flexibility index (Phi) is 31.2. The summed E-state index contributed by atoms with van der Waals surface area (Å²) >= 11 is 23.4. The Morgan fingerprint density at radius 2 is 1.10 bits per heavy atom. The molecule has 4 aromatic heterocycles. The number of carboxylic acids is 3. The van der Waals surface area contributed by atoms with E-state index in [0.29, 0.717) is 53.7 Å². The number of carbonyl (C=O) groups excluding carboxylic acids is 3. The Labute approximate surface area is 777 Å². The van der Waals surface area contributed by atoms with Crippen molar-refractivity contribution in [3.63, 3.8) is 0 Å². The lowest BCUT2D eigenvalue weighted by Crippen LogP contribution is -2.49. The van der Waals surface area contributed by atoms with Crippen LogP contribution in [0.4, 0.5) is 22.7 Å². The molecule has 0 saturated carbocycles. The van der Waals surface area contributed by atoms with Crippen LogP contribution in [0.2, 0.25) is 34.7 Å². The first kappa shape index (κ1) is 95.1. The lowest BCUT2D eigenvalue weighted by Gasteiger charge is -2.38. The molecule has 0 bridgehead atoms. The van der Waals surface area contributed by atoms with Crippen LogP contribution in [0.1, 0.15) is 111 Å². The van der Waals surface area contributed by atoms with Crippen molar-refractivity contribution in [1.82, 2.24) is 0 Å². The molecule has 0 saturated heterocycles. The molecule has 1 aliphatic rings. The van der Waals surface area contributed by atoms with Gasteiger partial charge in [-0.25, -0.2) is 8.42 Å². The normalized spacial score (nSPS) is 13.8. The number of thiazole rings is 3. The molecule has 15 aromatic rings. The summed E-state index contributed by atoms with van der Waals surface area (Å²) in [5.74, 6) is -4.61. The predicted octanol–water partition coefficient (Wildman–Crippen LogP) is 18.5. The number of aryl methyl sites for hydroxylation is 2. The number of halogens is 3. The number of aliphatic hydroxyl groups is 3. The third kappa shape index (κ3) is 22.2. The fourth-order valence-corrected chi connectivity index (χ4v) is 21.9. The van der Waals surface area contributed by atoms with Crippen molar-refractivity contribution < 1.29 is 80.7 Å². The standard InChI is InChI=1S/C28H19Cl2NO4S.C26H28N2O3S.C24H22N2O2S.C23H29ClN2O4SSi/c29-21-13-23-24(14-22(21)30)36-25(31(23)15-32)12-6-5-7-16-17-8-1-3-10-19(17)26(27(33)28(34)35)20-11-4-2-9-18(16)20;1-3-27(20-14-12-19(13-15-20)25(29)26(30)31)21-9-7-8-18(16-21)17-24-28(4-2)22-10-5-6-11-23(22)32-24;1-3-25-21-11-7-8-12-22(21)29-23(25)18-13-15-20(16-14-18)26(17(2)24(27)28)19-9-5-4-6-10-19;1-6-25(17(2)32(3,4)5)20-11-7-18(8-12-20)9-14-23-26(16-31(27,28)29)21-15-19(24)10-13-22(21)30-23/h1-14,27,32-33H,15H2;5-6,10-17,25,29H,3-4,7-9H2,1-2H3;4-17H,3H2,1-2H3;7-15,17H,6,16H2,1-5H3/b7-5+,12-6+;;;. The van der Waals surface area contributed by atoms with Crippen molar-refractivity contribution in [2.24, 2.45) is 0 Å². The highest BCUT2D eigenvalue weighted by Crippen LogP contribution is 2.40. The second-order valence-corrected chi connectivity index (χ2v) is 43.2. The number of aliphatic carboxylic acids is 3. The van der Waals surface area contributed by atoms with E-state index in [9.17, 15) is 58.0 Å². The van der Waals surface area contributed by atoms with Gasteiger partial charge in [-0.05, 0) is 208 Å². The number of carboxylic acid groups (broad SMARTS) is 3. The molecule has 0 radical (unpaired) electrons. The Hall–Kier alpha value is -11.5. The highest BCUT2D eigenvalue weighted by molar-refractivity contribution is 7.84. The SMILES string of the molecule is CCN(C1=C/C(=C/c2sc3ccccc3[n+]2CC)CCC1)c1ccc(C(O)C(=O)[O-])cc1.CCN(c1ccc(/C=C/c2oc3ccc(Cl)cc3[n+]2CS(=O)(=O)[O-])cc1)C(C)[Si](C)(C)C.CC[n+]1c(-c2ccc(N(c3ccccc3)C(C)C(=O)[O-])cc2)sc2ccccc21.O=C([O-])C(O)c1c2ccccc2c(/C=C/C=C/c2sc3cc(Cl)c(Cl)cc3[n+]2CO)c2ccccc12. The molecule has 4 unspecified atom stereocenters. The minimum absolute atomic E-state index is 0.209. The molecular formula is C101H98Cl3N7O13S4Si. The molecule has 4 atom stereocenters. The molecule has 4 heterocycles. The van der Waals surface area contributed by atoms with Crippen LogP contribution in [0.15, 0.2) is 264 Å². The Morgan fingerprint density at radius 1 is 0.543 bits per heavy atom. The fraction of sp³-hybridized carbons (Fsp3) is 0.218. The van der Waals surface area contributed by atoms with Crippen LogP contribution in [-0.2, 0) is 50.2 Å². The van der Waals surface area contributed by atoms with Gasteiger partial charge in [-0.1, -0.05) is 222 Å². The van der Waals surface area contributed by atoms with Crippen LogP contribution >= 0.6 is 68.8 Å². The van der Waals surface area contributed by atoms with E-state index < -0.39 is 60.2 Å². The Balaban J connectivity index is 0.000000147. The number of carbonyl (C=O) groups is 3. The number of allylic oxidation sites excluding steroid dienone is 5. The molecule has 129 heavy (non-hydrogen) atoms. The number of nitrogens with zero attached hydrogens (tertiary/aromatic N) is 7. The average molecular weight is 1880 g/mol. The van der Waals surface area contributed by atoms with Crippen LogP contribution in [0.5, 0.6) is 0 Å². The van der Waals surface area contributed by atoms with Gasteiger partial charge >= 0.3 is 5.89 Å². The second kappa shape index (κ2) is 42.4. The number of hydrogen-bond acceptors (Lipinski definition) is 19. The summed E-state index contributed by atoms with van der Waals surface area (Å²) in [7, 11) is -5.86. The van der Waals surface area contributed by atoms with Crippen molar-refractivity contribution in [3.8, 4) is 10.6 Å². The van der Waals surface area contributed by atoms with E-state index in [2.05, 4.69) is 158 Å². The summed E-state index contributed by atoms with van der Waals surface area (Å²) in [6.45, 7) is 23.0. The molecule has 16 rings (SSSR count).